The van der Waals surface area contributed by atoms with Gasteiger partial charge < -0.3 is 15.0 Å². The van der Waals surface area contributed by atoms with Crippen LogP contribution in [0.25, 0.3) is 10.9 Å². The number of likely N-dealkylation sites (tertiary alicyclic amines) is 1. The normalized spacial score (nSPS) is 20.3. The van der Waals surface area contributed by atoms with Gasteiger partial charge in [-0.2, -0.15) is 0 Å². The molecule has 1 saturated heterocycles. The van der Waals surface area contributed by atoms with Crippen molar-refractivity contribution in [3.63, 3.8) is 0 Å². The van der Waals surface area contributed by atoms with Crippen molar-refractivity contribution in [3.8, 4) is 0 Å². The molecule has 5 heteroatoms. The van der Waals surface area contributed by atoms with Crippen LogP contribution in [0.15, 0.2) is 35.1 Å². The molecule has 2 fully saturated rings. The molecule has 0 bridgehead atoms. The number of aromatic amines is 1. The largest absolute Gasteiger partial charge is 0.386 e. The second kappa shape index (κ2) is 4.18. The average Bonchev–Trinajstić information content (AvgIpc) is 3.28. The summed E-state index contributed by atoms with van der Waals surface area (Å²) in [5, 5.41) is 10.9. The lowest BCUT2D eigenvalue weighted by Gasteiger charge is -2.46. The molecular weight excluding hydrogens is 268 g/mol. The first kappa shape index (κ1) is 12.6. The molecule has 0 unspecified atom stereocenters. The van der Waals surface area contributed by atoms with E-state index in [1.54, 1.807) is 23.1 Å². The number of aromatic nitrogens is 1. The Morgan fingerprint density at radius 1 is 1.29 bits per heavy atom. The molecule has 2 aliphatic rings. The topological polar surface area (TPSA) is 73.4 Å². The highest BCUT2D eigenvalue weighted by Gasteiger charge is 2.53. The predicted octanol–water partition coefficient (Wildman–Crippen LogP) is 1.12. The molecule has 21 heavy (non-hydrogen) atoms. The number of benzene rings is 1. The lowest BCUT2D eigenvalue weighted by atomic mass is 9.88. The first-order chi connectivity index (χ1) is 10.1. The van der Waals surface area contributed by atoms with Crippen molar-refractivity contribution in [1.82, 2.24) is 9.88 Å². The van der Waals surface area contributed by atoms with Crippen LogP contribution >= 0.6 is 0 Å². The zero-order valence-corrected chi connectivity index (χ0v) is 11.5. The highest BCUT2D eigenvalue weighted by atomic mass is 16.3. The van der Waals surface area contributed by atoms with Gasteiger partial charge in [-0.05, 0) is 30.9 Å². The Hall–Kier alpha value is -2.14. The molecule has 1 saturated carbocycles. The molecule has 5 nitrogen and oxygen atoms in total. The van der Waals surface area contributed by atoms with Gasteiger partial charge in [-0.15, -0.1) is 0 Å². The molecule has 2 aromatic rings. The number of fused-ring (bicyclic) bond motifs is 1. The van der Waals surface area contributed by atoms with Crippen LogP contribution in [-0.2, 0) is 0 Å². The molecular formula is C16H16N2O3. The van der Waals surface area contributed by atoms with Gasteiger partial charge in [-0.3, -0.25) is 9.59 Å². The van der Waals surface area contributed by atoms with Crippen LogP contribution in [0.5, 0.6) is 0 Å². The third kappa shape index (κ3) is 1.96. The molecule has 108 valence electrons. The van der Waals surface area contributed by atoms with Gasteiger partial charge in [0.1, 0.15) is 11.3 Å². The highest BCUT2D eigenvalue weighted by Crippen LogP contribution is 2.44. The molecule has 1 amide bonds. The Labute approximate surface area is 121 Å². The number of nitrogens with zero attached hydrogens (tertiary/aromatic N) is 1. The molecule has 2 N–H and O–H groups in total. The number of hydrogen-bond donors (Lipinski definition) is 2. The fourth-order valence-electron chi connectivity index (χ4n) is 3.12. The van der Waals surface area contributed by atoms with Gasteiger partial charge in [0.25, 0.3) is 5.91 Å². The van der Waals surface area contributed by atoms with E-state index in [9.17, 15) is 14.7 Å². The van der Waals surface area contributed by atoms with Crippen molar-refractivity contribution >= 4 is 16.8 Å². The van der Waals surface area contributed by atoms with E-state index in [1.807, 2.05) is 6.07 Å². The number of aliphatic hydroxyl groups is 1. The Bertz CT molecular complexity index is 785. The van der Waals surface area contributed by atoms with Gasteiger partial charge in [0.05, 0.1) is 13.1 Å². The van der Waals surface area contributed by atoms with E-state index in [0.29, 0.717) is 29.9 Å². The number of nitrogens with one attached hydrogen (secondary N) is 1. The van der Waals surface area contributed by atoms with Crippen LogP contribution in [0.1, 0.15) is 23.3 Å². The van der Waals surface area contributed by atoms with Crippen molar-refractivity contribution in [3.05, 3.63) is 46.2 Å². The smallest absolute Gasteiger partial charge is 0.270 e. The van der Waals surface area contributed by atoms with Crippen LogP contribution in [0, 0.1) is 5.92 Å². The number of rotatable bonds is 2. The standard InChI is InChI=1S/C16H16N2O3/c19-14-7-13(17-12-4-2-1-3-11(12)14)15(20)18-8-16(21,9-18)10-5-6-10/h1-4,7,10,21H,5-6,8-9H2,(H,17,19). The molecule has 0 spiro atoms. The Morgan fingerprint density at radius 3 is 2.71 bits per heavy atom. The van der Waals surface area contributed by atoms with Gasteiger partial charge in [0.2, 0.25) is 0 Å². The molecule has 1 aromatic heterocycles. The van der Waals surface area contributed by atoms with Crippen LogP contribution < -0.4 is 5.43 Å². The zero-order valence-electron chi connectivity index (χ0n) is 11.5. The first-order valence-corrected chi connectivity index (χ1v) is 7.20. The Balaban J connectivity index is 1.62. The van der Waals surface area contributed by atoms with Crippen LogP contribution in [-0.4, -0.2) is 39.6 Å². The van der Waals surface area contributed by atoms with Crippen molar-refractivity contribution in [2.45, 2.75) is 18.4 Å². The van der Waals surface area contributed by atoms with Gasteiger partial charge in [0, 0.05) is 17.0 Å². The summed E-state index contributed by atoms with van der Waals surface area (Å²) in [6, 6.07) is 8.48. The molecule has 2 heterocycles. The predicted molar refractivity (Wildman–Crippen MR) is 78.1 cm³/mol. The fourth-order valence-corrected chi connectivity index (χ4v) is 3.12. The Morgan fingerprint density at radius 2 is 2.00 bits per heavy atom. The summed E-state index contributed by atoms with van der Waals surface area (Å²) in [5.41, 5.74) is 0.0841. The van der Waals surface area contributed by atoms with Crippen molar-refractivity contribution in [2.75, 3.05) is 13.1 Å². The maximum absolute atomic E-state index is 12.4. The second-order valence-corrected chi connectivity index (χ2v) is 6.13. The van der Waals surface area contributed by atoms with Gasteiger partial charge in [-0.25, -0.2) is 0 Å². The highest BCUT2D eigenvalue weighted by molar-refractivity contribution is 5.95. The number of carbonyl (C=O) groups is 1. The first-order valence-electron chi connectivity index (χ1n) is 7.20. The number of pyridine rings is 1. The van der Waals surface area contributed by atoms with Crippen LogP contribution in [0.3, 0.4) is 0 Å². The van der Waals surface area contributed by atoms with E-state index in [2.05, 4.69) is 4.98 Å². The maximum atomic E-state index is 12.4. The number of para-hydroxylation sites is 1. The zero-order chi connectivity index (χ0) is 14.6. The monoisotopic (exact) mass is 284 g/mol. The number of β-amino-alcohol motifs (C(OH)–C–C–N with tert-alkyl or cyclic N) is 1. The summed E-state index contributed by atoms with van der Waals surface area (Å²) in [7, 11) is 0. The van der Waals surface area contributed by atoms with Gasteiger partial charge in [-0.1, -0.05) is 12.1 Å². The summed E-state index contributed by atoms with van der Waals surface area (Å²) in [4.78, 5) is 29.0. The SMILES string of the molecule is O=C(c1cc(=O)c2ccccc2[nH]1)N1CC(O)(C2CC2)C1. The minimum absolute atomic E-state index is 0.161. The van der Waals surface area contributed by atoms with Crippen LogP contribution in [0.4, 0.5) is 0 Å². The minimum atomic E-state index is -0.702. The molecule has 1 aliphatic carbocycles. The quantitative estimate of drug-likeness (QED) is 0.868. The van der Waals surface area contributed by atoms with Crippen molar-refractivity contribution < 1.29 is 9.90 Å². The Kier molecular flexibility index (Phi) is 2.50. The summed E-state index contributed by atoms with van der Waals surface area (Å²) in [5.74, 6) is 0.125. The third-order valence-electron chi connectivity index (χ3n) is 4.52. The summed E-state index contributed by atoms with van der Waals surface area (Å²) in [6.45, 7) is 0.733. The summed E-state index contributed by atoms with van der Waals surface area (Å²) >= 11 is 0. The average molecular weight is 284 g/mol. The number of amides is 1. The molecule has 0 radical (unpaired) electrons. The van der Waals surface area contributed by atoms with Crippen molar-refractivity contribution in [1.29, 1.82) is 0 Å². The molecule has 1 aliphatic heterocycles. The minimum Gasteiger partial charge on any atom is -0.386 e. The molecule has 0 atom stereocenters. The third-order valence-corrected chi connectivity index (χ3v) is 4.52. The number of hydrogen-bond acceptors (Lipinski definition) is 3. The van der Waals surface area contributed by atoms with E-state index >= 15 is 0 Å². The maximum Gasteiger partial charge on any atom is 0.270 e. The van der Waals surface area contributed by atoms with E-state index < -0.39 is 5.60 Å². The lowest BCUT2D eigenvalue weighted by molar-refractivity contribution is -0.0959. The summed E-state index contributed by atoms with van der Waals surface area (Å²) < 4.78 is 0. The van der Waals surface area contributed by atoms with E-state index in [4.69, 9.17) is 0 Å². The van der Waals surface area contributed by atoms with Gasteiger partial charge in [0.15, 0.2) is 5.43 Å². The van der Waals surface area contributed by atoms with E-state index in [-0.39, 0.29) is 17.0 Å². The lowest BCUT2D eigenvalue weighted by Crippen LogP contribution is -2.64. The fraction of sp³-hybridized carbons (Fsp3) is 0.375. The number of carbonyl (C=O) groups excluding carboxylic acids is 1. The van der Waals surface area contributed by atoms with Crippen LogP contribution in [0.2, 0.25) is 0 Å². The molecule has 4 rings (SSSR count). The van der Waals surface area contributed by atoms with E-state index in [1.165, 1.54) is 6.07 Å². The van der Waals surface area contributed by atoms with Gasteiger partial charge >= 0.3 is 0 Å². The molecule has 1 aromatic carbocycles. The number of H-pyrrole nitrogens is 1. The van der Waals surface area contributed by atoms with E-state index in [0.717, 1.165) is 12.8 Å². The second-order valence-electron chi connectivity index (χ2n) is 6.13. The summed E-state index contributed by atoms with van der Waals surface area (Å²) in [6.07, 6.45) is 2.09. The van der Waals surface area contributed by atoms with Crippen molar-refractivity contribution in [2.24, 2.45) is 5.92 Å².